The van der Waals surface area contributed by atoms with Crippen molar-refractivity contribution in [1.82, 2.24) is 29.6 Å². The van der Waals surface area contributed by atoms with Gasteiger partial charge in [-0.2, -0.15) is 18.3 Å². The van der Waals surface area contributed by atoms with E-state index in [-0.39, 0.29) is 46.0 Å². The Kier molecular flexibility index (Phi) is 5.91. The summed E-state index contributed by atoms with van der Waals surface area (Å²) in [4.78, 5) is 25.9. The number of hydrogen-bond donors (Lipinski definition) is 2. The van der Waals surface area contributed by atoms with Crippen molar-refractivity contribution in [2.24, 2.45) is 0 Å². The number of amides is 1. The average molecular weight is 490 g/mol. The molecule has 2 unspecified atom stereocenters. The molecule has 5 heterocycles. The molecule has 1 amide bonds. The van der Waals surface area contributed by atoms with Crippen LogP contribution in [0.4, 0.5) is 17.6 Å². The lowest BCUT2D eigenvalue weighted by atomic mass is 9.99. The quantitative estimate of drug-likeness (QED) is 0.545. The summed E-state index contributed by atoms with van der Waals surface area (Å²) in [5.74, 6) is -0.997. The molecule has 2 bridgehead atoms. The van der Waals surface area contributed by atoms with Gasteiger partial charge in [-0.1, -0.05) is 0 Å². The standard InChI is InChI=1S/C23H22F4N6O2/c24-13-2-1-5-28-11-19(29-9-13)21-17-10-30-18(8-20(17)32(31-21)12-23(25,26)27)22(35)33-14-3-4-15(33)7-16(34)6-14/h1-2,5,8-11,14-16,29,34H,3-4,6-7,12H2. The minimum absolute atomic E-state index is 0.00484. The second-order valence-electron chi connectivity index (χ2n) is 8.80. The highest BCUT2D eigenvalue weighted by Crippen LogP contribution is 2.37. The number of nitrogens with zero attached hydrogens (tertiary/aromatic N) is 5. The summed E-state index contributed by atoms with van der Waals surface area (Å²) in [7, 11) is 0. The summed E-state index contributed by atoms with van der Waals surface area (Å²) in [6, 6.07) is 3.61. The van der Waals surface area contributed by atoms with Crippen LogP contribution < -0.4 is 0 Å². The van der Waals surface area contributed by atoms with Gasteiger partial charge in [-0.15, -0.1) is 0 Å². The number of piperidine rings is 1. The summed E-state index contributed by atoms with van der Waals surface area (Å²) >= 11 is 0. The molecule has 35 heavy (non-hydrogen) atoms. The van der Waals surface area contributed by atoms with Crippen LogP contribution in [0.2, 0.25) is 0 Å². The highest BCUT2D eigenvalue weighted by atomic mass is 19.4. The summed E-state index contributed by atoms with van der Waals surface area (Å²) < 4.78 is 54.6. The fraction of sp³-hybridized carbons (Fsp3) is 0.391. The Morgan fingerprint density at radius 2 is 1.94 bits per heavy atom. The SMILES string of the molecule is O=C(c1cc2c(cn1)c(-c1cncccc(F)c[nH]1)nn2CC(F)(F)F)N1C2CCC1CC(O)C2. The molecule has 2 N–H and O–H groups in total. The minimum Gasteiger partial charge on any atom is -0.393 e. The normalized spacial score (nSPS) is 21.9. The van der Waals surface area contributed by atoms with E-state index in [9.17, 15) is 27.5 Å². The van der Waals surface area contributed by atoms with E-state index in [4.69, 9.17) is 0 Å². The molecule has 3 aromatic rings. The van der Waals surface area contributed by atoms with Crippen LogP contribution >= 0.6 is 0 Å². The van der Waals surface area contributed by atoms with E-state index in [1.54, 1.807) is 4.90 Å². The predicted molar refractivity (Wildman–Crippen MR) is 117 cm³/mol. The third-order valence-electron chi connectivity index (χ3n) is 6.38. The lowest BCUT2D eigenvalue weighted by Gasteiger charge is -2.37. The van der Waals surface area contributed by atoms with Gasteiger partial charge in [0.2, 0.25) is 0 Å². The number of aromatic amines is 1. The minimum atomic E-state index is -4.57. The summed E-state index contributed by atoms with van der Waals surface area (Å²) in [5, 5.41) is 14.4. The number of carbonyl (C=O) groups is 1. The van der Waals surface area contributed by atoms with Crippen LogP contribution in [-0.2, 0) is 6.54 Å². The molecule has 0 spiro atoms. The largest absolute Gasteiger partial charge is 0.408 e. The van der Waals surface area contributed by atoms with Crippen molar-refractivity contribution in [2.45, 2.75) is 56.6 Å². The lowest BCUT2D eigenvalue weighted by Crippen LogP contribution is -2.48. The first-order valence-electron chi connectivity index (χ1n) is 11.2. The van der Waals surface area contributed by atoms with E-state index in [1.807, 2.05) is 0 Å². The Morgan fingerprint density at radius 1 is 1.20 bits per heavy atom. The zero-order valence-corrected chi connectivity index (χ0v) is 18.4. The van der Waals surface area contributed by atoms with E-state index in [0.29, 0.717) is 12.8 Å². The zero-order chi connectivity index (χ0) is 24.7. The van der Waals surface area contributed by atoms with E-state index in [1.165, 1.54) is 36.8 Å². The highest BCUT2D eigenvalue weighted by Gasteiger charge is 2.43. The van der Waals surface area contributed by atoms with E-state index >= 15 is 0 Å². The lowest BCUT2D eigenvalue weighted by molar-refractivity contribution is -0.141. The van der Waals surface area contributed by atoms with Gasteiger partial charge in [-0.05, 0) is 43.9 Å². The Labute approximate surface area is 196 Å². The molecule has 5 rings (SSSR count). The Bertz CT molecular complexity index is 1300. The van der Waals surface area contributed by atoms with Gasteiger partial charge in [-0.25, -0.2) is 4.39 Å². The molecular formula is C23H22F4N6O2. The van der Waals surface area contributed by atoms with E-state index < -0.39 is 24.6 Å². The van der Waals surface area contributed by atoms with Gasteiger partial charge in [0.15, 0.2) is 0 Å². The molecule has 0 radical (unpaired) electrons. The Morgan fingerprint density at radius 3 is 2.66 bits per heavy atom. The maximum absolute atomic E-state index is 13.8. The van der Waals surface area contributed by atoms with Crippen LogP contribution in [0.15, 0.2) is 43.0 Å². The van der Waals surface area contributed by atoms with Crippen molar-refractivity contribution < 1.29 is 27.5 Å². The van der Waals surface area contributed by atoms with Crippen molar-refractivity contribution in [3.63, 3.8) is 0 Å². The number of aliphatic hydroxyl groups is 1. The number of nitrogens with one attached hydrogen (secondary N) is 1. The van der Waals surface area contributed by atoms with Gasteiger partial charge in [0.25, 0.3) is 5.91 Å². The van der Waals surface area contributed by atoms with Crippen molar-refractivity contribution in [1.29, 1.82) is 0 Å². The van der Waals surface area contributed by atoms with Gasteiger partial charge < -0.3 is 15.0 Å². The van der Waals surface area contributed by atoms with Gasteiger partial charge in [0, 0.05) is 36.1 Å². The first-order chi connectivity index (χ1) is 16.7. The molecule has 0 aromatic carbocycles. The third kappa shape index (κ3) is 4.70. The number of rotatable bonds is 3. The molecule has 2 aliphatic heterocycles. The second kappa shape index (κ2) is 8.91. The number of fused-ring (bicyclic) bond motifs is 3. The topological polar surface area (TPSA) is 99.9 Å². The highest BCUT2D eigenvalue weighted by molar-refractivity contribution is 5.99. The molecular weight excluding hydrogens is 468 g/mol. The molecule has 3 aromatic heterocycles. The number of aromatic nitrogens is 5. The third-order valence-corrected chi connectivity index (χ3v) is 6.38. The summed E-state index contributed by atoms with van der Waals surface area (Å²) in [5.41, 5.74) is 0.314. The molecule has 2 fully saturated rings. The number of alkyl halides is 3. The number of hydrogen-bond acceptors (Lipinski definition) is 5. The van der Waals surface area contributed by atoms with Crippen molar-refractivity contribution in [2.75, 3.05) is 0 Å². The van der Waals surface area contributed by atoms with Crippen LogP contribution in [0.1, 0.15) is 36.2 Å². The fourth-order valence-electron chi connectivity index (χ4n) is 4.95. The summed E-state index contributed by atoms with van der Waals surface area (Å²) in [6.07, 6.45) is 2.43. The summed E-state index contributed by atoms with van der Waals surface area (Å²) in [6.45, 7) is -1.38. The number of aliphatic hydroxyl groups excluding tert-OH is 1. The predicted octanol–water partition coefficient (Wildman–Crippen LogP) is 3.78. The van der Waals surface area contributed by atoms with E-state index in [0.717, 1.165) is 23.7 Å². The van der Waals surface area contributed by atoms with E-state index in [2.05, 4.69) is 20.1 Å². The van der Waals surface area contributed by atoms with Crippen molar-refractivity contribution in [3.05, 3.63) is 54.5 Å². The van der Waals surface area contributed by atoms with Crippen molar-refractivity contribution >= 4 is 16.8 Å². The maximum atomic E-state index is 13.8. The van der Waals surface area contributed by atoms with Crippen LogP contribution in [0, 0.1) is 5.82 Å². The smallest absolute Gasteiger partial charge is 0.393 e. The molecule has 184 valence electrons. The van der Waals surface area contributed by atoms with Gasteiger partial charge in [-0.3, -0.25) is 19.4 Å². The maximum Gasteiger partial charge on any atom is 0.408 e. The second-order valence-corrected chi connectivity index (χ2v) is 8.80. The van der Waals surface area contributed by atoms with Gasteiger partial charge in [0.05, 0.1) is 23.5 Å². The monoisotopic (exact) mass is 490 g/mol. The van der Waals surface area contributed by atoms with Crippen LogP contribution in [0.3, 0.4) is 0 Å². The van der Waals surface area contributed by atoms with Crippen molar-refractivity contribution in [3.8, 4) is 11.4 Å². The van der Waals surface area contributed by atoms with Crippen LogP contribution in [-0.4, -0.2) is 65.0 Å². The molecule has 8 nitrogen and oxygen atoms in total. The Hall–Kier alpha value is -3.54. The molecule has 2 aliphatic rings. The molecule has 12 heteroatoms. The van der Waals surface area contributed by atoms with Crippen LogP contribution in [0.5, 0.6) is 0 Å². The number of carbonyl (C=O) groups excluding carboxylic acids is 1. The Balaban J connectivity index is 1.60. The van der Waals surface area contributed by atoms with Crippen LogP contribution in [0.25, 0.3) is 22.3 Å². The fourth-order valence-corrected chi connectivity index (χ4v) is 4.95. The number of halogens is 4. The van der Waals surface area contributed by atoms with Gasteiger partial charge >= 0.3 is 6.18 Å². The number of pyridine rings is 1. The molecule has 2 atom stereocenters. The first-order valence-corrected chi connectivity index (χ1v) is 11.2. The first kappa shape index (κ1) is 23.2. The van der Waals surface area contributed by atoms with Gasteiger partial charge in [0.1, 0.15) is 23.7 Å². The molecule has 0 saturated carbocycles. The average Bonchev–Trinajstić information content (AvgIpc) is 3.31. The number of H-pyrrole nitrogens is 1. The molecule has 0 aliphatic carbocycles. The zero-order valence-electron chi connectivity index (χ0n) is 18.4. The molecule has 2 saturated heterocycles.